The van der Waals surface area contributed by atoms with Crippen LogP contribution in [0, 0.1) is 15.3 Å². The molecule has 0 spiro atoms. The molecular formula is H18NO12Y-. The molecule has 0 heterocycles. The Kier molecular flexibility index (Phi) is 4100. The normalized spacial score (nSPS) is 1.71. The molecule has 1 radical (unpaired) electrons. The quantitative estimate of drug-likeness (QED) is 0.310. The van der Waals surface area contributed by atoms with E-state index in [9.17, 15) is 0 Å². The van der Waals surface area contributed by atoms with Crippen molar-refractivity contribution < 1.29 is 87.1 Å². The molecule has 0 aliphatic heterocycles. The summed E-state index contributed by atoms with van der Waals surface area (Å²) in [6.45, 7) is 0. The zero-order valence-corrected chi connectivity index (χ0v) is 9.59. The van der Waals surface area contributed by atoms with Gasteiger partial charge < -0.3 is 64.6 Å². The fraction of sp³-hybridized carbons (Fsp3) is 0. The summed E-state index contributed by atoms with van der Waals surface area (Å²) in [6, 6.07) is 0. The van der Waals surface area contributed by atoms with Crippen molar-refractivity contribution in [3.63, 3.8) is 0 Å². The Labute approximate surface area is 102 Å². The van der Waals surface area contributed by atoms with Gasteiger partial charge in [-0.1, -0.05) is 0 Å². The summed E-state index contributed by atoms with van der Waals surface area (Å²) in [6.07, 6.45) is 0. The van der Waals surface area contributed by atoms with Crippen LogP contribution in [0.5, 0.6) is 0 Å². The molecule has 0 saturated carbocycles. The maximum atomic E-state index is 8.25. The average molecular weight is 313 g/mol. The van der Waals surface area contributed by atoms with E-state index in [1.807, 2.05) is 0 Å². The first-order chi connectivity index (χ1) is 1.73. The molecule has 0 aromatic rings. The molecule has 18 N–H and O–H groups in total. The molecule has 0 saturated heterocycles. The van der Waals surface area contributed by atoms with Crippen LogP contribution in [0.2, 0.25) is 0 Å². The molecule has 0 aliphatic carbocycles. The zero-order valence-electron chi connectivity index (χ0n) is 6.75. The largest absolute Gasteiger partial charge is 0.412 e. The van der Waals surface area contributed by atoms with Crippen molar-refractivity contribution in [1.82, 2.24) is 0 Å². The smallest absolute Gasteiger partial charge is 0.0689 e. The van der Waals surface area contributed by atoms with Gasteiger partial charge in [-0.2, -0.15) is 0 Å². The summed E-state index contributed by atoms with van der Waals surface area (Å²) in [7, 11) is 0. The SMILES string of the molecule is O.O.O.O.O.O.O.O.O.O=[N+]([O-])[O-].[Y]. The first-order valence-electron chi connectivity index (χ1n) is 0.548. The van der Waals surface area contributed by atoms with E-state index in [0.29, 0.717) is 0 Å². The van der Waals surface area contributed by atoms with Gasteiger partial charge in [0.25, 0.3) is 0 Å². The zero-order chi connectivity index (χ0) is 3.58. The summed E-state index contributed by atoms with van der Waals surface area (Å²) in [4.78, 5) is 8.25. The summed E-state index contributed by atoms with van der Waals surface area (Å²) >= 11 is 0. The fourth-order valence-corrected chi connectivity index (χ4v) is 0. The van der Waals surface area contributed by atoms with Gasteiger partial charge in [0.15, 0.2) is 0 Å². The van der Waals surface area contributed by atoms with E-state index >= 15 is 0 Å². The van der Waals surface area contributed by atoms with Crippen molar-refractivity contribution >= 4 is 0 Å². The Morgan fingerprint density at radius 3 is 0.571 bits per heavy atom. The van der Waals surface area contributed by atoms with Gasteiger partial charge in [0.2, 0.25) is 0 Å². The van der Waals surface area contributed by atoms with Gasteiger partial charge in [-0.05, 0) is 0 Å². The van der Waals surface area contributed by atoms with E-state index in [0.717, 1.165) is 0 Å². The maximum Gasteiger partial charge on any atom is 0.0689 e. The molecule has 14 heteroatoms. The van der Waals surface area contributed by atoms with Gasteiger partial charge in [-0.15, -0.1) is 0 Å². The summed E-state index contributed by atoms with van der Waals surface area (Å²) < 4.78 is 0. The van der Waals surface area contributed by atoms with Crippen LogP contribution in [0.25, 0.3) is 0 Å². The van der Waals surface area contributed by atoms with Gasteiger partial charge in [0, 0.05) is 32.7 Å². The van der Waals surface area contributed by atoms with E-state index in [-0.39, 0.29) is 82.0 Å². The topological polar surface area (TPSA) is 350 Å². The molecule has 0 amide bonds. The molecule has 99 valence electrons. The van der Waals surface area contributed by atoms with Gasteiger partial charge in [-0.25, -0.2) is 0 Å². The predicted octanol–water partition coefficient (Wildman–Crippen LogP) is -7.66. The van der Waals surface area contributed by atoms with Crippen LogP contribution in [0.15, 0.2) is 0 Å². The van der Waals surface area contributed by atoms with Crippen LogP contribution in [-0.2, 0) is 32.7 Å². The van der Waals surface area contributed by atoms with Gasteiger partial charge in [-0.3, -0.25) is 0 Å². The number of rotatable bonds is 0. The van der Waals surface area contributed by atoms with Crippen molar-refractivity contribution in [1.29, 1.82) is 0 Å². The second-order valence-corrected chi connectivity index (χ2v) is 0.224. The van der Waals surface area contributed by atoms with E-state index in [4.69, 9.17) is 15.3 Å². The Morgan fingerprint density at radius 1 is 0.571 bits per heavy atom. The van der Waals surface area contributed by atoms with Crippen LogP contribution >= 0.6 is 0 Å². The van der Waals surface area contributed by atoms with Crippen molar-refractivity contribution in [2.75, 3.05) is 0 Å². The minimum atomic E-state index is -1.75. The molecule has 0 bridgehead atoms. The molecular weight excluding hydrogens is 295 g/mol. The number of hydrogen-bond donors (Lipinski definition) is 0. The summed E-state index contributed by atoms with van der Waals surface area (Å²) in [5.74, 6) is 0. The van der Waals surface area contributed by atoms with E-state index in [2.05, 4.69) is 0 Å². The van der Waals surface area contributed by atoms with Gasteiger partial charge in [0.1, 0.15) is 0 Å². The van der Waals surface area contributed by atoms with Crippen molar-refractivity contribution in [2.45, 2.75) is 0 Å². The van der Waals surface area contributed by atoms with Crippen molar-refractivity contribution in [2.24, 2.45) is 0 Å². The standard InChI is InChI=1S/NO3.9H2O.Y/c2-1(3)4;;;;;;;;;;/h;9*1H2;/q-1;;;;;;;;;;. The summed E-state index contributed by atoms with van der Waals surface area (Å²) in [5.41, 5.74) is 0. The second kappa shape index (κ2) is 213. The fourth-order valence-electron chi connectivity index (χ4n) is 0. The van der Waals surface area contributed by atoms with Crippen LogP contribution in [0.1, 0.15) is 0 Å². The molecule has 0 atom stereocenters. The third-order valence-electron chi connectivity index (χ3n) is 0. The van der Waals surface area contributed by atoms with E-state index in [1.165, 1.54) is 0 Å². The first-order valence-corrected chi connectivity index (χ1v) is 0.548. The Morgan fingerprint density at radius 2 is 0.571 bits per heavy atom. The Balaban J connectivity index is -0.000000001000. The van der Waals surface area contributed by atoms with Gasteiger partial charge >= 0.3 is 0 Å². The van der Waals surface area contributed by atoms with Crippen LogP contribution in [0.4, 0.5) is 0 Å². The molecule has 0 rings (SSSR count). The molecule has 14 heavy (non-hydrogen) atoms. The molecule has 0 aliphatic rings. The minimum Gasteiger partial charge on any atom is -0.412 e. The van der Waals surface area contributed by atoms with Crippen molar-refractivity contribution in [3.05, 3.63) is 15.3 Å². The second-order valence-electron chi connectivity index (χ2n) is 0.224. The van der Waals surface area contributed by atoms with Gasteiger partial charge in [0.05, 0.1) is 5.09 Å². The van der Waals surface area contributed by atoms with E-state index in [1.54, 1.807) is 0 Å². The molecule has 13 nitrogen and oxygen atoms in total. The van der Waals surface area contributed by atoms with Crippen LogP contribution in [0.3, 0.4) is 0 Å². The molecule has 0 aromatic carbocycles. The predicted molar refractivity (Wildman–Crippen MR) is 42.9 cm³/mol. The van der Waals surface area contributed by atoms with E-state index < -0.39 is 5.09 Å². The Hall–Kier alpha value is -0.0561. The maximum absolute atomic E-state index is 8.25. The third kappa shape index (κ3) is 454000. The molecule has 0 fully saturated rings. The average Bonchev–Trinajstić information content (AvgIpc) is 0.811. The Bertz CT molecular complexity index is 33.3. The summed E-state index contributed by atoms with van der Waals surface area (Å²) in [5, 5.41) is 14.8. The monoisotopic (exact) mass is 313 g/mol. The van der Waals surface area contributed by atoms with Crippen LogP contribution < -0.4 is 0 Å². The third-order valence-corrected chi connectivity index (χ3v) is 0. The minimum absolute atomic E-state index is 0. The number of nitrogens with zero attached hydrogens (tertiary/aromatic N) is 1. The van der Waals surface area contributed by atoms with Crippen molar-refractivity contribution in [3.8, 4) is 0 Å². The molecule has 0 aromatic heterocycles. The first kappa shape index (κ1) is 270. The van der Waals surface area contributed by atoms with Crippen LogP contribution in [-0.4, -0.2) is 54.4 Å². The molecule has 0 unspecified atom stereocenters. The number of hydrogen-bond acceptors (Lipinski definition) is 3.